The highest BCUT2D eigenvalue weighted by atomic mass is 79.9. The van der Waals surface area contributed by atoms with Gasteiger partial charge >= 0.3 is 0 Å². The summed E-state index contributed by atoms with van der Waals surface area (Å²) in [5, 5.41) is 1.32. The molecule has 2 aliphatic rings. The first-order chi connectivity index (χ1) is 16.9. The fraction of sp³-hybridized carbons (Fsp3) is 0.222. The van der Waals surface area contributed by atoms with Gasteiger partial charge in [0.1, 0.15) is 11.8 Å². The molecule has 35 heavy (non-hydrogen) atoms. The van der Waals surface area contributed by atoms with Crippen molar-refractivity contribution >= 4 is 39.3 Å². The van der Waals surface area contributed by atoms with E-state index >= 15 is 0 Å². The summed E-state index contributed by atoms with van der Waals surface area (Å²) >= 11 is 3.40. The van der Waals surface area contributed by atoms with Crippen molar-refractivity contribution in [1.82, 2.24) is 10.4 Å². The summed E-state index contributed by atoms with van der Waals surface area (Å²) in [6.07, 6.45) is 0. The van der Waals surface area contributed by atoms with E-state index in [1.165, 1.54) is 9.91 Å². The van der Waals surface area contributed by atoms with Crippen molar-refractivity contribution in [3.8, 4) is 5.75 Å². The van der Waals surface area contributed by atoms with Crippen LogP contribution in [0.1, 0.15) is 34.5 Å². The number of ether oxygens (including phenoxy) is 1. The maximum absolute atomic E-state index is 13.8. The zero-order chi connectivity index (χ0) is 24.7. The van der Waals surface area contributed by atoms with Crippen LogP contribution in [0.5, 0.6) is 5.75 Å². The van der Waals surface area contributed by atoms with Crippen molar-refractivity contribution in [2.75, 3.05) is 11.5 Å². The number of imide groups is 1. The number of carbonyl (C=O) groups is 3. The van der Waals surface area contributed by atoms with Gasteiger partial charge in [-0.1, -0.05) is 52.3 Å². The number of benzene rings is 3. The minimum absolute atomic E-state index is 0.348. The number of para-hydroxylation sites is 1. The fourth-order valence-corrected chi connectivity index (χ4v) is 5.24. The number of hydrogen-bond acceptors (Lipinski definition) is 5. The van der Waals surface area contributed by atoms with Crippen LogP contribution in [0.15, 0.2) is 77.3 Å². The van der Waals surface area contributed by atoms with Crippen LogP contribution in [-0.4, -0.2) is 35.4 Å². The molecule has 0 unspecified atom stereocenters. The Morgan fingerprint density at radius 2 is 1.77 bits per heavy atom. The molecule has 2 saturated heterocycles. The number of rotatable bonds is 5. The Kier molecular flexibility index (Phi) is 6.17. The molecule has 5 rings (SSSR count). The van der Waals surface area contributed by atoms with Crippen LogP contribution in [0, 0.1) is 12.8 Å². The van der Waals surface area contributed by atoms with Gasteiger partial charge in [-0.25, -0.2) is 10.3 Å². The fourth-order valence-electron chi connectivity index (χ4n) is 4.84. The Morgan fingerprint density at radius 1 is 1.00 bits per heavy atom. The first-order valence-corrected chi connectivity index (χ1v) is 12.2. The smallest absolute Gasteiger partial charge is 0.268 e. The third-order valence-electron chi connectivity index (χ3n) is 6.34. The van der Waals surface area contributed by atoms with E-state index in [0.29, 0.717) is 23.6 Å². The number of hydrogen-bond donors (Lipinski definition) is 1. The van der Waals surface area contributed by atoms with Gasteiger partial charge in [0.25, 0.3) is 11.8 Å². The SMILES string of the molecule is CCOc1ccccc1[C@@H]1NN(C(=O)c2cccc(Br)c2)[C@@H]2C(=O)N(c3cccc(C)c3)C(=O)[C@H]21. The number of anilines is 1. The number of aryl methyl sites for hydroxylation is 1. The van der Waals surface area contributed by atoms with Gasteiger partial charge in [-0.15, -0.1) is 0 Å². The van der Waals surface area contributed by atoms with Crippen LogP contribution in [0.2, 0.25) is 0 Å². The number of nitrogens with zero attached hydrogens (tertiary/aromatic N) is 2. The Morgan fingerprint density at radius 3 is 2.51 bits per heavy atom. The van der Waals surface area contributed by atoms with Crippen LogP contribution < -0.4 is 15.1 Å². The van der Waals surface area contributed by atoms with E-state index in [-0.39, 0.29) is 11.8 Å². The molecule has 2 fully saturated rings. The summed E-state index contributed by atoms with van der Waals surface area (Å²) < 4.78 is 6.57. The predicted molar refractivity (Wildman–Crippen MR) is 135 cm³/mol. The Bertz CT molecular complexity index is 1330. The summed E-state index contributed by atoms with van der Waals surface area (Å²) in [6.45, 7) is 4.23. The molecule has 8 heteroatoms. The van der Waals surface area contributed by atoms with Gasteiger partial charge in [0.05, 0.1) is 24.3 Å². The molecule has 0 aromatic heterocycles. The number of fused-ring (bicyclic) bond motifs is 1. The molecule has 2 aliphatic heterocycles. The average Bonchev–Trinajstić information content (AvgIpc) is 3.36. The minimum Gasteiger partial charge on any atom is -0.494 e. The Hall–Kier alpha value is -3.49. The van der Waals surface area contributed by atoms with Crippen LogP contribution in [0.4, 0.5) is 5.69 Å². The summed E-state index contributed by atoms with van der Waals surface area (Å²) in [6, 6.07) is 20.0. The van der Waals surface area contributed by atoms with Gasteiger partial charge in [0.2, 0.25) is 5.91 Å². The summed E-state index contributed by atoms with van der Waals surface area (Å²) in [5.41, 5.74) is 5.75. The third kappa shape index (κ3) is 4.02. The number of carbonyl (C=O) groups excluding carboxylic acids is 3. The lowest BCUT2D eigenvalue weighted by atomic mass is 9.90. The molecule has 3 aromatic rings. The lowest BCUT2D eigenvalue weighted by Crippen LogP contribution is -2.48. The molecular weight excluding hydrogens is 510 g/mol. The van der Waals surface area contributed by atoms with Crippen molar-refractivity contribution in [2.24, 2.45) is 5.92 Å². The number of amides is 3. The molecule has 0 radical (unpaired) electrons. The Balaban J connectivity index is 1.61. The van der Waals surface area contributed by atoms with Crippen molar-refractivity contribution in [3.63, 3.8) is 0 Å². The molecule has 3 amide bonds. The van der Waals surface area contributed by atoms with E-state index in [9.17, 15) is 14.4 Å². The number of nitrogens with one attached hydrogen (secondary N) is 1. The maximum atomic E-state index is 13.8. The lowest BCUT2D eigenvalue weighted by molar-refractivity contribution is -0.123. The first kappa shape index (κ1) is 23.3. The van der Waals surface area contributed by atoms with Crippen molar-refractivity contribution < 1.29 is 19.1 Å². The van der Waals surface area contributed by atoms with E-state index in [0.717, 1.165) is 15.6 Å². The molecule has 0 bridgehead atoms. The summed E-state index contributed by atoms with van der Waals surface area (Å²) in [5.74, 6) is -1.36. The van der Waals surface area contributed by atoms with Crippen molar-refractivity contribution in [1.29, 1.82) is 0 Å². The van der Waals surface area contributed by atoms with Gasteiger partial charge in [0, 0.05) is 15.6 Å². The standard InChI is InChI=1S/C27H24BrN3O4/c1-3-35-21-13-5-4-12-20(21)23-22-24(31(29-23)25(32)17-9-7-10-18(28)15-17)27(34)30(26(22)33)19-11-6-8-16(2)14-19/h4-15,22-24,29H,3H2,1-2H3/t22-,23-,24-/m0/s1. The summed E-state index contributed by atoms with van der Waals surface area (Å²) in [4.78, 5) is 42.4. The Labute approximate surface area is 211 Å². The zero-order valence-corrected chi connectivity index (χ0v) is 20.9. The van der Waals surface area contributed by atoms with E-state index in [2.05, 4.69) is 21.4 Å². The van der Waals surface area contributed by atoms with E-state index < -0.39 is 23.9 Å². The van der Waals surface area contributed by atoms with E-state index in [4.69, 9.17) is 4.74 Å². The highest BCUT2D eigenvalue weighted by Gasteiger charge is 2.60. The molecule has 1 N–H and O–H groups in total. The molecule has 7 nitrogen and oxygen atoms in total. The molecule has 178 valence electrons. The van der Waals surface area contributed by atoms with Gasteiger partial charge in [0.15, 0.2) is 0 Å². The predicted octanol–water partition coefficient (Wildman–Crippen LogP) is 4.42. The highest BCUT2D eigenvalue weighted by Crippen LogP contribution is 2.44. The second-order valence-electron chi connectivity index (χ2n) is 8.58. The molecule has 3 aromatic carbocycles. The first-order valence-electron chi connectivity index (χ1n) is 11.4. The molecule has 0 saturated carbocycles. The second kappa shape index (κ2) is 9.28. The molecule has 2 heterocycles. The highest BCUT2D eigenvalue weighted by molar-refractivity contribution is 9.10. The minimum atomic E-state index is -0.992. The summed E-state index contributed by atoms with van der Waals surface area (Å²) in [7, 11) is 0. The second-order valence-corrected chi connectivity index (χ2v) is 9.50. The van der Waals surface area contributed by atoms with Crippen LogP contribution >= 0.6 is 15.9 Å². The van der Waals surface area contributed by atoms with Crippen LogP contribution in [0.25, 0.3) is 0 Å². The van der Waals surface area contributed by atoms with Gasteiger partial charge in [-0.05, 0) is 55.8 Å². The van der Waals surface area contributed by atoms with Gasteiger partial charge in [-0.3, -0.25) is 19.4 Å². The van der Waals surface area contributed by atoms with E-state index in [1.807, 2.05) is 56.3 Å². The van der Waals surface area contributed by atoms with Gasteiger partial charge in [-0.2, -0.15) is 0 Å². The van der Waals surface area contributed by atoms with Crippen molar-refractivity contribution in [2.45, 2.75) is 25.9 Å². The molecule has 0 aliphatic carbocycles. The topological polar surface area (TPSA) is 79.0 Å². The number of halogens is 1. The van der Waals surface area contributed by atoms with Crippen LogP contribution in [0.3, 0.4) is 0 Å². The van der Waals surface area contributed by atoms with Gasteiger partial charge < -0.3 is 4.74 Å². The average molecular weight is 534 g/mol. The monoisotopic (exact) mass is 533 g/mol. The molecule has 3 atom stereocenters. The van der Waals surface area contributed by atoms with Crippen molar-refractivity contribution in [3.05, 3.63) is 94.0 Å². The molecule has 0 spiro atoms. The normalized spacial score (nSPS) is 21.4. The molecular formula is C27H24BrN3O4. The third-order valence-corrected chi connectivity index (χ3v) is 6.83. The largest absolute Gasteiger partial charge is 0.494 e. The van der Waals surface area contributed by atoms with E-state index in [1.54, 1.807) is 30.3 Å². The number of hydrazine groups is 1. The maximum Gasteiger partial charge on any atom is 0.268 e. The zero-order valence-electron chi connectivity index (χ0n) is 19.3. The lowest BCUT2D eigenvalue weighted by Gasteiger charge is -2.26. The quantitative estimate of drug-likeness (QED) is 0.491. The van der Waals surface area contributed by atoms with Crippen LogP contribution in [-0.2, 0) is 9.59 Å².